The van der Waals surface area contributed by atoms with Gasteiger partial charge in [0.2, 0.25) is 5.91 Å². The van der Waals surface area contributed by atoms with Gasteiger partial charge in [0.25, 0.3) is 5.91 Å². The number of carbonyl (C=O) groups excluding carboxylic acids is 3. The largest absolute Gasteiger partial charge is 0.325 e. The summed E-state index contributed by atoms with van der Waals surface area (Å²) in [5.41, 5.74) is 2.72. The normalized spacial score (nSPS) is 23.4. The van der Waals surface area contributed by atoms with E-state index in [4.69, 9.17) is 0 Å². The number of anilines is 1. The minimum atomic E-state index is -0.632. The number of rotatable bonds is 1. The van der Waals surface area contributed by atoms with Crippen LogP contribution in [0, 0.1) is 0 Å². The zero-order valence-electron chi connectivity index (χ0n) is 11.2. The molecule has 1 atom stereocenters. The predicted molar refractivity (Wildman–Crippen MR) is 75.4 cm³/mol. The van der Waals surface area contributed by atoms with Crippen molar-refractivity contribution in [1.82, 2.24) is 10.2 Å². The number of nitrogens with one attached hydrogen (secondary N) is 1. The molecule has 0 spiro atoms. The van der Waals surface area contributed by atoms with Gasteiger partial charge in [-0.15, -0.1) is 0 Å². The molecule has 1 aromatic carbocycles. The molecule has 0 bridgehead atoms. The second kappa shape index (κ2) is 4.18. The molecule has 1 unspecified atom stereocenters. The fourth-order valence-corrected chi connectivity index (χ4v) is 3.23. The lowest BCUT2D eigenvalue weighted by Gasteiger charge is -2.31. The predicted octanol–water partition coefficient (Wildman–Crippen LogP) is 1.04. The third-order valence-electron chi connectivity index (χ3n) is 4.15. The van der Waals surface area contributed by atoms with Crippen molar-refractivity contribution in [2.75, 3.05) is 18.0 Å². The van der Waals surface area contributed by atoms with E-state index in [-0.39, 0.29) is 24.8 Å². The van der Waals surface area contributed by atoms with E-state index in [0.717, 1.165) is 16.8 Å². The van der Waals surface area contributed by atoms with Gasteiger partial charge in [0, 0.05) is 25.1 Å². The van der Waals surface area contributed by atoms with Gasteiger partial charge < -0.3 is 9.80 Å². The van der Waals surface area contributed by atoms with Crippen LogP contribution in [0.3, 0.4) is 0 Å². The lowest BCUT2D eigenvalue weighted by molar-refractivity contribution is -0.126. The van der Waals surface area contributed by atoms with Crippen molar-refractivity contribution < 1.29 is 14.4 Å². The molecule has 4 amide bonds. The highest BCUT2D eigenvalue weighted by molar-refractivity contribution is 6.10. The van der Waals surface area contributed by atoms with Gasteiger partial charge in [0.1, 0.15) is 6.04 Å². The SMILES string of the molecule is O=C1CCN(C2C(=O)N3CC=Cc4cccc2c43)C(=O)N1. The molecule has 6 nitrogen and oxygen atoms in total. The van der Waals surface area contributed by atoms with Crippen LogP contribution in [0.25, 0.3) is 6.08 Å². The molecule has 6 heteroatoms. The standard InChI is InChI=1S/C15H13N3O3/c19-11-6-8-18(15(21)16-11)13-10-5-1-3-9-4-2-7-17(12(9)10)14(13)20/h1-5,13H,6-8H2,(H,16,19,21). The molecule has 1 fully saturated rings. The third-order valence-corrected chi connectivity index (χ3v) is 4.15. The zero-order valence-corrected chi connectivity index (χ0v) is 11.2. The van der Waals surface area contributed by atoms with Crippen molar-refractivity contribution in [2.45, 2.75) is 12.5 Å². The number of nitrogens with zero attached hydrogens (tertiary/aromatic N) is 2. The maximum Gasteiger partial charge on any atom is 0.325 e. The van der Waals surface area contributed by atoms with Crippen molar-refractivity contribution in [3.05, 3.63) is 35.4 Å². The van der Waals surface area contributed by atoms with Gasteiger partial charge in [-0.1, -0.05) is 30.4 Å². The Balaban J connectivity index is 1.79. The molecule has 1 saturated heterocycles. The first kappa shape index (κ1) is 12.1. The lowest BCUT2D eigenvalue weighted by Crippen LogP contribution is -2.52. The summed E-state index contributed by atoms with van der Waals surface area (Å²) in [6.45, 7) is 0.791. The fourth-order valence-electron chi connectivity index (χ4n) is 3.23. The summed E-state index contributed by atoms with van der Waals surface area (Å²) in [5.74, 6) is -0.398. The highest BCUT2D eigenvalue weighted by atomic mass is 16.2. The molecular weight excluding hydrogens is 270 g/mol. The molecule has 1 aromatic rings. The van der Waals surface area contributed by atoms with E-state index in [1.54, 1.807) is 4.90 Å². The summed E-state index contributed by atoms with van der Waals surface area (Å²) in [6.07, 6.45) is 4.15. The van der Waals surface area contributed by atoms with E-state index >= 15 is 0 Å². The summed E-state index contributed by atoms with van der Waals surface area (Å²) in [5, 5.41) is 2.28. The van der Waals surface area contributed by atoms with E-state index in [2.05, 4.69) is 5.32 Å². The first-order valence-corrected chi connectivity index (χ1v) is 6.88. The zero-order chi connectivity index (χ0) is 14.6. The van der Waals surface area contributed by atoms with Crippen LogP contribution >= 0.6 is 0 Å². The Morgan fingerprint density at radius 3 is 2.86 bits per heavy atom. The highest BCUT2D eigenvalue weighted by Gasteiger charge is 2.45. The van der Waals surface area contributed by atoms with Crippen LogP contribution in [0.5, 0.6) is 0 Å². The number of imide groups is 1. The Morgan fingerprint density at radius 1 is 1.19 bits per heavy atom. The van der Waals surface area contributed by atoms with Crippen molar-refractivity contribution in [2.24, 2.45) is 0 Å². The van der Waals surface area contributed by atoms with Gasteiger partial charge in [-0.25, -0.2) is 4.79 Å². The first-order chi connectivity index (χ1) is 10.2. The number of hydrogen-bond acceptors (Lipinski definition) is 3. The van der Waals surface area contributed by atoms with Crippen LogP contribution < -0.4 is 10.2 Å². The van der Waals surface area contributed by atoms with Crippen molar-refractivity contribution >= 4 is 29.6 Å². The minimum absolute atomic E-state index is 0.105. The van der Waals surface area contributed by atoms with Gasteiger partial charge >= 0.3 is 6.03 Å². The Bertz CT molecular complexity index is 710. The second-order valence-corrected chi connectivity index (χ2v) is 5.34. The van der Waals surface area contributed by atoms with E-state index in [9.17, 15) is 14.4 Å². The van der Waals surface area contributed by atoms with Crippen molar-refractivity contribution in [3.63, 3.8) is 0 Å². The van der Waals surface area contributed by atoms with Crippen LogP contribution in [-0.2, 0) is 9.59 Å². The second-order valence-electron chi connectivity index (χ2n) is 5.34. The highest BCUT2D eigenvalue weighted by Crippen LogP contribution is 2.43. The molecular formula is C15H13N3O3. The van der Waals surface area contributed by atoms with Crippen molar-refractivity contribution in [3.8, 4) is 0 Å². The van der Waals surface area contributed by atoms with Crippen molar-refractivity contribution in [1.29, 1.82) is 0 Å². The van der Waals surface area contributed by atoms with Crippen LogP contribution in [0.1, 0.15) is 23.6 Å². The summed E-state index contributed by atoms with van der Waals surface area (Å²) in [6, 6.07) is 4.60. The smallest absolute Gasteiger partial charge is 0.308 e. The summed E-state index contributed by atoms with van der Waals surface area (Å²) >= 11 is 0. The third kappa shape index (κ3) is 1.62. The number of para-hydroxylation sites is 1. The molecule has 0 aliphatic carbocycles. The first-order valence-electron chi connectivity index (χ1n) is 6.88. The summed E-state index contributed by atoms with van der Waals surface area (Å²) in [7, 11) is 0. The van der Waals surface area contributed by atoms with E-state index in [1.165, 1.54) is 4.90 Å². The lowest BCUT2D eigenvalue weighted by atomic mass is 10.0. The molecule has 0 saturated carbocycles. The Kier molecular flexibility index (Phi) is 2.42. The molecule has 4 rings (SSSR count). The number of hydrogen-bond donors (Lipinski definition) is 1. The molecule has 3 heterocycles. The van der Waals surface area contributed by atoms with Crippen LogP contribution in [-0.4, -0.2) is 35.8 Å². The molecule has 1 N–H and O–H groups in total. The molecule has 0 radical (unpaired) electrons. The van der Waals surface area contributed by atoms with Crippen LogP contribution in [0.4, 0.5) is 10.5 Å². The Labute approximate surface area is 121 Å². The molecule has 3 aliphatic rings. The van der Waals surface area contributed by atoms with Gasteiger partial charge in [-0.3, -0.25) is 14.9 Å². The Hall–Kier alpha value is -2.63. The summed E-state index contributed by atoms with van der Waals surface area (Å²) in [4.78, 5) is 39.2. The summed E-state index contributed by atoms with van der Waals surface area (Å²) < 4.78 is 0. The van der Waals surface area contributed by atoms with Crippen LogP contribution in [0.2, 0.25) is 0 Å². The Morgan fingerprint density at radius 2 is 2.05 bits per heavy atom. The number of amides is 4. The quantitative estimate of drug-likeness (QED) is 0.837. The van der Waals surface area contributed by atoms with Gasteiger partial charge in [0.05, 0.1) is 5.69 Å². The minimum Gasteiger partial charge on any atom is -0.308 e. The van der Waals surface area contributed by atoms with E-state index < -0.39 is 12.1 Å². The van der Waals surface area contributed by atoms with Crippen LogP contribution in [0.15, 0.2) is 24.3 Å². The van der Waals surface area contributed by atoms with E-state index in [1.807, 2.05) is 30.4 Å². The van der Waals surface area contributed by atoms with E-state index in [0.29, 0.717) is 6.54 Å². The molecule has 3 aliphatic heterocycles. The monoisotopic (exact) mass is 283 g/mol. The fraction of sp³-hybridized carbons (Fsp3) is 0.267. The maximum absolute atomic E-state index is 12.7. The average Bonchev–Trinajstić information content (AvgIpc) is 2.75. The maximum atomic E-state index is 12.7. The van der Waals surface area contributed by atoms with Gasteiger partial charge in [-0.2, -0.15) is 0 Å². The van der Waals surface area contributed by atoms with Gasteiger partial charge in [0.15, 0.2) is 0 Å². The number of carbonyl (C=O) groups is 3. The number of urea groups is 1. The van der Waals surface area contributed by atoms with Gasteiger partial charge in [-0.05, 0) is 5.56 Å². The average molecular weight is 283 g/mol. The molecule has 21 heavy (non-hydrogen) atoms. The molecule has 106 valence electrons. The topological polar surface area (TPSA) is 69.7 Å². The molecule has 0 aromatic heterocycles. The number of benzene rings is 1.